The second kappa shape index (κ2) is 18.4. The Morgan fingerprint density at radius 2 is 1.21 bits per heavy atom. The summed E-state index contributed by atoms with van der Waals surface area (Å²) in [6, 6.07) is 19.6. The van der Waals surface area contributed by atoms with E-state index in [1.807, 2.05) is 55.4 Å². The van der Waals surface area contributed by atoms with Gasteiger partial charge in [0.15, 0.2) is 0 Å². The summed E-state index contributed by atoms with van der Waals surface area (Å²) in [6.07, 6.45) is 0. The molecule has 0 aliphatic carbocycles. The molecule has 0 spiro atoms. The van der Waals surface area contributed by atoms with Gasteiger partial charge in [0.05, 0.1) is 27.4 Å². The predicted octanol–water partition coefficient (Wildman–Crippen LogP) is 8.23. The van der Waals surface area contributed by atoms with Gasteiger partial charge in [-0.2, -0.15) is 0 Å². The number of rotatable bonds is 4. The van der Waals surface area contributed by atoms with Crippen molar-refractivity contribution in [3.8, 4) is 23.0 Å². The smallest absolute Gasteiger partial charge is 0.496 e. The molecule has 2 saturated heterocycles. The number of phenolic OH excluding ortho intramolecular Hbond substituents is 2. The Morgan fingerprint density at radius 3 is 1.64 bits per heavy atom. The third-order valence-electron chi connectivity index (χ3n) is 8.81. The molecule has 0 saturated carbocycles. The largest absolute Gasteiger partial charge is 0.508 e. The van der Waals surface area contributed by atoms with Crippen LogP contribution in [0.4, 0.5) is 4.39 Å². The standard InChI is InChI=1S/C12H9BClFO3.C12H16BClO3.C6H12BO2.C6H4BrClO/c14-12-7-10(4-5-11(12)13(16)17)18-9-3-1-2-8(15)6-9;1-11(2)12(3,4)17-13(16-11)9-6-5-8(15)7-10(9)14;1-5(2)6(3,4)9-7-8-5;7-5-2-1-4(9)3-6(5)8/h1-7,16-17H;5-7,15H,1-4H3;1-4H3;1-3,9H. The molecule has 0 bridgehead atoms. The lowest BCUT2D eigenvalue weighted by Gasteiger charge is -2.32. The summed E-state index contributed by atoms with van der Waals surface area (Å²) in [5.74, 6) is 0.637. The molecule has 2 heterocycles. The van der Waals surface area contributed by atoms with Crippen LogP contribution in [0.1, 0.15) is 55.4 Å². The van der Waals surface area contributed by atoms with Gasteiger partial charge in [-0.15, -0.1) is 0 Å². The Balaban J connectivity index is 0.000000200. The monoisotopic (exact) mass is 853 g/mol. The zero-order valence-corrected chi connectivity index (χ0v) is 34.3. The Hall–Kier alpha value is -2.49. The minimum absolute atomic E-state index is 0.135. The lowest BCUT2D eigenvalue weighted by Crippen LogP contribution is -2.41. The van der Waals surface area contributed by atoms with Gasteiger partial charge in [0.25, 0.3) is 0 Å². The van der Waals surface area contributed by atoms with Gasteiger partial charge in [-0.25, -0.2) is 4.39 Å². The zero-order valence-electron chi connectivity index (χ0n) is 30.5. The van der Waals surface area contributed by atoms with Crippen LogP contribution in [-0.4, -0.2) is 64.6 Å². The fourth-order valence-electron chi connectivity index (χ4n) is 4.16. The topological polar surface area (TPSA) is 127 Å². The van der Waals surface area contributed by atoms with Gasteiger partial charge in [0.2, 0.25) is 0 Å². The number of hydrogen-bond donors (Lipinski definition) is 4. The van der Waals surface area contributed by atoms with Crippen molar-refractivity contribution < 1.29 is 48.0 Å². The number of phenols is 2. The van der Waals surface area contributed by atoms with E-state index in [4.69, 9.17) is 73.3 Å². The first-order chi connectivity index (χ1) is 24.4. The fraction of sp³-hybridized carbons (Fsp3) is 0.333. The highest BCUT2D eigenvalue weighted by Crippen LogP contribution is 2.37. The first-order valence-electron chi connectivity index (χ1n) is 16.2. The van der Waals surface area contributed by atoms with Gasteiger partial charge in [-0.05, 0) is 126 Å². The molecule has 0 unspecified atom stereocenters. The van der Waals surface area contributed by atoms with Gasteiger partial charge in [-0.1, -0.05) is 53.0 Å². The van der Waals surface area contributed by atoms with E-state index in [-0.39, 0.29) is 44.4 Å². The van der Waals surface area contributed by atoms with Crippen LogP contribution in [0.25, 0.3) is 0 Å². The molecular weight excluding hydrogens is 814 g/mol. The van der Waals surface area contributed by atoms with Crippen LogP contribution < -0.4 is 15.7 Å². The molecule has 9 nitrogen and oxygen atoms in total. The van der Waals surface area contributed by atoms with E-state index in [1.165, 1.54) is 56.2 Å². The second-order valence-electron chi connectivity index (χ2n) is 13.9. The first kappa shape index (κ1) is 44.9. The second-order valence-corrected chi connectivity index (χ2v) is 15.9. The summed E-state index contributed by atoms with van der Waals surface area (Å²) in [5, 5.41) is 37.3. The first-order valence-corrected chi connectivity index (χ1v) is 18.1. The molecule has 17 heteroatoms. The molecule has 0 atom stereocenters. The predicted molar refractivity (Wildman–Crippen MR) is 213 cm³/mol. The zero-order chi connectivity index (χ0) is 39.9. The number of aromatic hydroxyl groups is 2. The van der Waals surface area contributed by atoms with E-state index in [1.54, 1.807) is 30.3 Å². The van der Waals surface area contributed by atoms with E-state index in [2.05, 4.69) is 15.9 Å². The summed E-state index contributed by atoms with van der Waals surface area (Å²) < 4.78 is 41.3. The van der Waals surface area contributed by atoms with Crippen LogP contribution in [0, 0.1) is 5.82 Å². The maximum atomic E-state index is 12.9. The van der Waals surface area contributed by atoms with Crippen molar-refractivity contribution in [1.82, 2.24) is 0 Å². The van der Waals surface area contributed by atoms with Gasteiger partial charge in [-0.3, -0.25) is 0 Å². The average Bonchev–Trinajstić information content (AvgIpc) is 3.41. The third kappa shape index (κ3) is 12.5. The molecule has 283 valence electrons. The molecule has 0 amide bonds. The van der Waals surface area contributed by atoms with Crippen molar-refractivity contribution >= 4 is 83.6 Å². The normalized spacial score (nSPS) is 17.2. The highest BCUT2D eigenvalue weighted by Gasteiger charge is 2.52. The Labute approximate surface area is 335 Å². The van der Waals surface area contributed by atoms with Crippen LogP contribution >= 0.6 is 50.7 Å². The minimum Gasteiger partial charge on any atom is -0.508 e. The summed E-state index contributed by atoms with van der Waals surface area (Å²) in [5.41, 5.74) is -0.232. The minimum atomic E-state index is -1.64. The molecule has 1 radical (unpaired) electrons. The maximum Gasteiger partial charge on any atom is 0.496 e. The van der Waals surface area contributed by atoms with Crippen LogP contribution in [0.2, 0.25) is 15.1 Å². The molecule has 4 aromatic carbocycles. The van der Waals surface area contributed by atoms with E-state index in [9.17, 15) is 9.50 Å². The Kier molecular flexibility index (Phi) is 15.6. The summed E-state index contributed by atoms with van der Waals surface area (Å²) >= 11 is 20.7. The number of ether oxygens (including phenoxy) is 1. The summed E-state index contributed by atoms with van der Waals surface area (Å²) in [7, 11) is -0.714. The molecule has 6 rings (SSSR count). The van der Waals surface area contributed by atoms with Crippen molar-refractivity contribution in [3.05, 3.63) is 104 Å². The van der Waals surface area contributed by atoms with E-state index < -0.39 is 20.1 Å². The van der Waals surface area contributed by atoms with Crippen molar-refractivity contribution in [2.24, 2.45) is 0 Å². The van der Waals surface area contributed by atoms with E-state index in [0.29, 0.717) is 21.5 Å². The van der Waals surface area contributed by atoms with Crippen molar-refractivity contribution in [2.75, 3.05) is 0 Å². The number of benzene rings is 4. The number of halogens is 5. The third-order valence-corrected chi connectivity index (χ3v) is 10.7. The van der Waals surface area contributed by atoms with Crippen molar-refractivity contribution in [1.29, 1.82) is 0 Å². The highest BCUT2D eigenvalue weighted by molar-refractivity contribution is 9.10. The molecule has 0 aromatic heterocycles. The van der Waals surface area contributed by atoms with Crippen LogP contribution in [0.3, 0.4) is 0 Å². The van der Waals surface area contributed by atoms with E-state index >= 15 is 0 Å². The Bertz CT molecular complexity index is 1820. The number of hydrogen-bond acceptors (Lipinski definition) is 9. The van der Waals surface area contributed by atoms with Crippen LogP contribution in [0.15, 0.2) is 83.3 Å². The maximum absolute atomic E-state index is 12.9. The molecule has 2 aliphatic rings. The highest BCUT2D eigenvalue weighted by atomic mass is 79.9. The molecular formula is C36H41B3BrCl3FO9. The fourth-order valence-corrected chi connectivity index (χ4v) is 5.11. The van der Waals surface area contributed by atoms with Crippen LogP contribution in [-0.2, 0) is 18.6 Å². The van der Waals surface area contributed by atoms with Crippen molar-refractivity contribution in [2.45, 2.75) is 77.8 Å². The lowest BCUT2D eigenvalue weighted by atomic mass is 9.79. The SMILES string of the molecule is CC1(C)OB(c2ccc(O)cc2Cl)OC1(C)C.CC1(C)O[B]OC1(C)C.OB(O)c1ccc(Oc2cccc(F)c2)cc1Cl.Oc1ccc(Br)c(Cl)c1. The summed E-state index contributed by atoms with van der Waals surface area (Å²) in [6.45, 7) is 16.0. The van der Waals surface area contributed by atoms with Gasteiger partial charge < -0.3 is 43.6 Å². The molecule has 53 heavy (non-hydrogen) atoms. The van der Waals surface area contributed by atoms with Gasteiger partial charge >= 0.3 is 21.9 Å². The quantitative estimate of drug-likeness (QED) is 0.150. The van der Waals surface area contributed by atoms with E-state index in [0.717, 1.165) is 9.94 Å². The molecule has 2 fully saturated rings. The van der Waals surface area contributed by atoms with Gasteiger partial charge in [0, 0.05) is 31.5 Å². The van der Waals surface area contributed by atoms with Crippen LogP contribution in [0.5, 0.6) is 23.0 Å². The van der Waals surface area contributed by atoms with Gasteiger partial charge in [0.1, 0.15) is 28.8 Å². The molecule has 4 N–H and O–H groups in total. The van der Waals surface area contributed by atoms with Crippen molar-refractivity contribution in [3.63, 3.8) is 0 Å². The average molecular weight is 855 g/mol. The molecule has 4 aromatic rings. The summed E-state index contributed by atoms with van der Waals surface area (Å²) in [4.78, 5) is 0. The lowest BCUT2D eigenvalue weighted by molar-refractivity contribution is 0.00578. The molecule has 2 aliphatic heterocycles. The Morgan fingerprint density at radius 1 is 0.679 bits per heavy atom.